The van der Waals surface area contributed by atoms with E-state index in [2.05, 4.69) is 10.3 Å². The highest BCUT2D eigenvalue weighted by Gasteiger charge is 2.12. The van der Waals surface area contributed by atoms with Crippen LogP contribution in [-0.4, -0.2) is 11.5 Å². The first kappa shape index (κ1) is 11.2. The lowest BCUT2D eigenvalue weighted by molar-refractivity contribution is 0.345. The minimum absolute atomic E-state index is 0.586. The largest absolute Gasteiger partial charge is 0.385 e. The molecular weight excluding hydrogens is 198 g/mol. The highest BCUT2D eigenvalue weighted by Crippen LogP contribution is 2.26. The zero-order chi connectivity index (χ0) is 11.2. The summed E-state index contributed by atoms with van der Waals surface area (Å²) in [6.07, 6.45) is 10.1. The molecule has 1 heterocycles. The number of hydrogen-bond acceptors (Lipinski definition) is 3. The van der Waals surface area contributed by atoms with E-state index in [9.17, 15) is 0 Å². The van der Waals surface area contributed by atoms with E-state index in [1.54, 1.807) is 6.20 Å². The molecule has 0 aromatic carbocycles. The third-order valence-electron chi connectivity index (χ3n) is 3.39. The van der Waals surface area contributed by atoms with Crippen molar-refractivity contribution in [3.05, 3.63) is 18.3 Å². The molecule has 3 heteroatoms. The Hall–Kier alpha value is -1.25. The number of nitrogen functional groups attached to an aromatic ring is 1. The summed E-state index contributed by atoms with van der Waals surface area (Å²) < 4.78 is 0. The van der Waals surface area contributed by atoms with E-state index in [0.717, 1.165) is 18.2 Å². The SMILES string of the molecule is Nc1cc(NCCC2CCCCC2)ccn1. The van der Waals surface area contributed by atoms with Crippen molar-refractivity contribution >= 4 is 11.5 Å². The van der Waals surface area contributed by atoms with E-state index in [0.29, 0.717) is 5.82 Å². The maximum Gasteiger partial charge on any atom is 0.125 e. The van der Waals surface area contributed by atoms with Gasteiger partial charge in [-0.15, -0.1) is 0 Å². The maximum atomic E-state index is 5.62. The van der Waals surface area contributed by atoms with Crippen LogP contribution in [0.2, 0.25) is 0 Å². The third kappa shape index (κ3) is 3.40. The number of rotatable bonds is 4. The van der Waals surface area contributed by atoms with Crippen LogP contribution in [0.25, 0.3) is 0 Å². The minimum atomic E-state index is 0.586. The molecule has 1 aromatic rings. The second-order valence-corrected chi connectivity index (χ2v) is 4.69. The Balaban J connectivity index is 1.71. The van der Waals surface area contributed by atoms with Crippen molar-refractivity contribution in [3.8, 4) is 0 Å². The fraction of sp³-hybridized carbons (Fsp3) is 0.615. The molecule has 1 aliphatic rings. The van der Waals surface area contributed by atoms with Gasteiger partial charge in [-0.3, -0.25) is 0 Å². The van der Waals surface area contributed by atoms with Gasteiger partial charge in [-0.25, -0.2) is 4.98 Å². The highest BCUT2D eigenvalue weighted by molar-refractivity contribution is 5.49. The fourth-order valence-electron chi connectivity index (χ4n) is 2.45. The summed E-state index contributed by atoms with van der Waals surface area (Å²) in [7, 11) is 0. The van der Waals surface area contributed by atoms with E-state index in [1.165, 1.54) is 38.5 Å². The van der Waals surface area contributed by atoms with Gasteiger partial charge in [-0.05, 0) is 18.4 Å². The normalized spacial score (nSPS) is 17.2. The molecule has 0 saturated heterocycles. The second-order valence-electron chi connectivity index (χ2n) is 4.69. The molecule has 0 radical (unpaired) electrons. The molecule has 16 heavy (non-hydrogen) atoms. The van der Waals surface area contributed by atoms with Crippen LogP contribution < -0.4 is 11.1 Å². The summed E-state index contributed by atoms with van der Waals surface area (Å²) in [4.78, 5) is 3.98. The average Bonchev–Trinajstić information content (AvgIpc) is 2.30. The molecule has 2 rings (SSSR count). The molecule has 0 bridgehead atoms. The van der Waals surface area contributed by atoms with Crippen LogP contribution in [-0.2, 0) is 0 Å². The Bertz CT molecular complexity index is 319. The summed E-state index contributed by atoms with van der Waals surface area (Å²) in [6, 6.07) is 3.86. The fourth-order valence-corrected chi connectivity index (χ4v) is 2.45. The van der Waals surface area contributed by atoms with Gasteiger partial charge in [0.05, 0.1) is 0 Å². The molecule has 0 unspecified atom stereocenters. The Morgan fingerprint density at radius 2 is 2.12 bits per heavy atom. The zero-order valence-electron chi connectivity index (χ0n) is 9.78. The first-order valence-electron chi connectivity index (χ1n) is 6.30. The Morgan fingerprint density at radius 1 is 1.31 bits per heavy atom. The predicted molar refractivity (Wildman–Crippen MR) is 68.3 cm³/mol. The van der Waals surface area contributed by atoms with Gasteiger partial charge in [0.25, 0.3) is 0 Å². The van der Waals surface area contributed by atoms with E-state index < -0.39 is 0 Å². The molecule has 0 aliphatic heterocycles. The van der Waals surface area contributed by atoms with Crippen LogP contribution in [0.4, 0.5) is 11.5 Å². The summed E-state index contributed by atoms with van der Waals surface area (Å²) in [5.41, 5.74) is 6.71. The van der Waals surface area contributed by atoms with E-state index >= 15 is 0 Å². The lowest BCUT2D eigenvalue weighted by Crippen LogP contribution is -2.12. The Labute approximate surface area is 97.5 Å². The van der Waals surface area contributed by atoms with Crippen LogP contribution >= 0.6 is 0 Å². The van der Waals surface area contributed by atoms with Crippen molar-refractivity contribution in [3.63, 3.8) is 0 Å². The number of aromatic nitrogens is 1. The van der Waals surface area contributed by atoms with Crippen LogP contribution in [0.1, 0.15) is 38.5 Å². The monoisotopic (exact) mass is 219 g/mol. The van der Waals surface area contributed by atoms with Crippen molar-refractivity contribution in [1.29, 1.82) is 0 Å². The maximum absolute atomic E-state index is 5.62. The Morgan fingerprint density at radius 3 is 2.88 bits per heavy atom. The first-order chi connectivity index (χ1) is 7.84. The van der Waals surface area contributed by atoms with Gasteiger partial charge in [0.15, 0.2) is 0 Å². The van der Waals surface area contributed by atoms with Gasteiger partial charge < -0.3 is 11.1 Å². The number of nitrogens with zero attached hydrogens (tertiary/aromatic N) is 1. The minimum Gasteiger partial charge on any atom is -0.385 e. The van der Waals surface area contributed by atoms with Crippen molar-refractivity contribution < 1.29 is 0 Å². The number of anilines is 2. The standard InChI is InChI=1S/C13H21N3/c14-13-10-12(7-9-16-13)15-8-6-11-4-2-1-3-5-11/h7,9-11H,1-6,8H2,(H3,14,15,16). The summed E-state index contributed by atoms with van der Waals surface area (Å²) in [5, 5.41) is 3.41. The molecule has 0 atom stereocenters. The molecule has 88 valence electrons. The van der Waals surface area contributed by atoms with Gasteiger partial charge in [-0.2, -0.15) is 0 Å². The van der Waals surface area contributed by atoms with Crippen molar-refractivity contribution in [1.82, 2.24) is 4.98 Å². The summed E-state index contributed by atoms with van der Waals surface area (Å²) in [6.45, 7) is 1.05. The van der Waals surface area contributed by atoms with Gasteiger partial charge in [0, 0.05) is 24.5 Å². The van der Waals surface area contributed by atoms with Crippen molar-refractivity contribution in [2.45, 2.75) is 38.5 Å². The van der Waals surface area contributed by atoms with Gasteiger partial charge in [-0.1, -0.05) is 32.1 Å². The molecule has 3 nitrogen and oxygen atoms in total. The molecule has 1 aliphatic carbocycles. The summed E-state index contributed by atoms with van der Waals surface area (Å²) >= 11 is 0. The van der Waals surface area contributed by atoms with Gasteiger partial charge in [0.1, 0.15) is 5.82 Å². The van der Waals surface area contributed by atoms with Crippen molar-refractivity contribution in [2.24, 2.45) is 5.92 Å². The topological polar surface area (TPSA) is 50.9 Å². The highest BCUT2D eigenvalue weighted by atomic mass is 14.9. The molecular formula is C13H21N3. The quantitative estimate of drug-likeness (QED) is 0.818. The van der Waals surface area contributed by atoms with E-state index in [1.807, 2.05) is 12.1 Å². The van der Waals surface area contributed by atoms with Crippen LogP contribution in [0.15, 0.2) is 18.3 Å². The van der Waals surface area contributed by atoms with Gasteiger partial charge in [0.2, 0.25) is 0 Å². The number of pyridine rings is 1. The molecule has 1 saturated carbocycles. The Kier molecular flexibility index (Phi) is 4.03. The van der Waals surface area contributed by atoms with E-state index in [4.69, 9.17) is 5.73 Å². The predicted octanol–water partition coefficient (Wildman–Crippen LogP) is 3.05. The first-order valence-corrected chi connectivity index (χ1v) is 6.30. The number of nitrogens with one attached hydrogen (secondary N) is 1. The molecule has 0 amide bonds. The van der Waals surface area contributed by atoms with Crippen molar-refractivity contribution in [2.75, 3.05) is 17.6 Å². The number of nitrogens with two attached hydrogens (primary N) is 1. The molecule has 3 N–H and O–H groups in total. The number of hydrogen-bond donors (Lipinski definition) is 2. The molecule has 1 fully saturated rings. The lowest BCUT2D eigenvalue weighted by atomic mass is 9.87. The van der Waals surface area contributed by atoms with E-state index in [-0.39, 0.29) is 0 Å². The lowest BCUT2D eigenvalue weighted by Gasteiger charge is -2.21. The van der Waals surface area contributed by atoms with Gasteiger partial charge >= 0.3 is 0 Å². The third-order valence-corrected chi connectivity index (χ3v) is 3.39. The zero-order valence-corrected chi connectivity index (χ0v) is 9.78. The molecule has 0 spiro atoms. The van der Waals surface area contributed by atoms with Crippen LogP contribution in [0.5, 0.6) is 0 Å². The molecule has 1 aromatic heterocycles. The second kappa shape index (κ2) is 5.73. The smallest absolute Gasteiger partial charge is 0.125 e. The summed E-state index contributed by atoms with van der Waals surface area (Å²) in [5.74, 6) is 1.52. The van der Waals surface area contributed by atoms with Crippen LogP contribution in [0, 0.1) is 5.92 Å². The van der Waals surface area contributed by atoms with Crippen LogP contribution in [0.3, 0.4) is 0 Å². The average molecular weight is 219 g/mol.